The van der Waals surface area contributed by atoms with E-state index in [1.807, 2.05) is 6.07 Å². The second-order valence-electron chi connectivity index (χ2n) is 7.03. The van der Waals surface area contributed by atoms with Crippen molar-refractivity contribution in [1.82, 2.24) is 15.2 Å². The zero-order valence-electron chi connectivity index (χ0n) is 16.2. The summed E-state index contributed by atoms with van der Waals surface area (Å²) in [5, 5.41) is 12.0. The van der Waals surface area contributed by atoms with Gasteiger partial charge in [-0.25, -0.2) is 13.2 Å². The predicted octanol–water partition coefficient (Wildman–Crippen LogP) is 3.59. The molecule has 3 heterocycles. The van der Waals surface area contributed by atoms with Crippen LogP contribution in [0.3, 0.4) is 0 Å². The Kier molecular flexibility index (Phi) is 5.96. The minimum absolute atomic E-state index is 0.0217. The third-order valence-corrected chi connectivity index (χ3v) is 6.38. The highest BCUT2D eigenvalue weighted by Gasteiger charge is 2.21. The number of hydrogen-bond acceptors (Lipinski definition) is 6. The molecule has 1 aliphatic heterocycles. The number of alkyl halides is 2. The van der Waals surface area contributed by atoms with Gasteiger partial charge in [0.25, 0.3) is 6.43 Å². The molecule has 0 unspecified atom stereocenters. The van der Waals surface area contributed by atoms with Gasteiger partial charge in [-0.15, -0.1) is 5.10 Å². The summed E-state index contributed by atoms with van der Waals surface area (Å²) in [6, 6.07) is 5.86. The second kappa shape index (κ2) is 8.65. The molecular weight excluding hydrogens is 415 g/mol. The molecular formula is C20H20F3N5OS. The molecule has 30 heavy (non-hydrogen) atoms. The first-order valence-corrected chi connectivity index (χ1v) is 10.9. The van der Waals surface area contributed by atoms with Crippen molar-refractivity contribution in [2.24, 2.45) is 0 Å². The number of nitrogens with zero attached hydrogens (tertiary/aromatic N) is 4. The highest BCUT2D eigenvalue weighted by molar-refractivity contribution is 7.91. The highest BCUT2D eigenvalue weighted by Crippen LogP contribution is 2.28. The zero-order valence-corrected chi connectivity index (χ0v) is 17.1. The van der Waals surface area contributed by atoms with E-state index in [0.29, 0.717) is 47.0 Å². The van der Waals surface area contributed by atoms with Gasteiger partial charge in [0.1, 0.15) is 17.3 Å². The Morgan fingerprint density at radius 2 is 2.00 bits per heavy atom. The predicted molar refractivity (Wildman–Crippen MR) is 111 cm³/mol. The molecule has 1 saturated heterocycles. The van der Waals surface area contributed by atoms with Crippen molar-refractivity contribution in [2.45, 2.75) is 19.9 Å². The molecule has 2 aromatic heterocycles. The Morgan fingerprint density at radius 1 is 1.23 bits per heavy atom. The van der Waals surface area contributed by atoms with E-state index < -0.39 is 29.0 Å². The lowest BCUT2D eigenvalue weighted by atomic mass is 10.1. The normalized spacial score (nSPS) is 15.2. The van der Waals surface area contributed by atoms with Gasteiger partial charge in [0.15, 0.2) is 5.82 Å². The van der Waals surface area contributed by atoms with Gasteiger partial charge in [-0.2, -0.15) is 5.10 Å². The van der Waals surface area contributed by atoms with E-state index in [1.54, 1.807) is 13.1 Å². The number of anilines is 2. The van der Waals surface area contributed by atoms with Gasteiger partial charge in [0.2, 0.25) is 0 Å². The Hall–Kier alpha value is -2.59. The van der Waals surface area contributed by atoms with E-state index in [0.717, 1.165) is 11.8 Å². The maximum absolute atomic E-state index is 14.3. The van der Waals surface area contributed by atoms with Gasteiger partial charge >= 0.3 is 0 Å². The van der Waals surface area contributed by atoms with E-state index in [9.17, 15) is 17.7 Å². The Labute approximate surface area is 174 Å². The summed E-state index contributed by atoms with van der Waals surface area (Å²) in [4.78, 5) is 6.62. The molecule has 0 aliphatic carbocycles. The molecule has 1 aromatic carbocycles. The van der Waals surface area contributed by atoms with Crippen molar-refractivity contribution in [2.75, 3.05) is 34.8 Å². The number of pyridine rings is 1. The number of fused-ring (bicyclic) bond motifs is 1. The monoisotopic (exact) mass is 435 g/mol. The fraction of sp³-hybridized carbons (Fsp3) is 0.350. The van der Waals surface area contributed by atoms with Gasteiger partial charge in [-0.05, 0) is 13.0 Å². The standard InChI is InChI=1S/C20H20F3N5OS/c1-12-18-16(9-14(11-24-18)28-5-7-30(29)8-6-28)20(27-26-12)25-10-13-3-2-4-15(17(13)21)19(22)23/h2-4,9,11,19H,5-8,10H2,1H3,(H,25,27). The SMILES string of the molecule is Cc1nnc(NCc2cccc(C(F)F)c2F)c2cc(N3CC[S+]([O-])CC3)cnc12. The quantitative estimate of drug-likeness (QED) is 0.618. The molecule has 4 rings (SSSR count). The van der Waals surface area contributed by atoms with Crippen LogP contribution in [0.25, 0.3) is 10.9 Å². The van der Waals surface area contributed by atoms with Crippen LogP contribution in [0.1, 0.15) is 23.2 Å². The molecule has 1 N–H and O–H groups in total. The van der Waals surface area contributed by atoms with Crippen LogP contribution in [0.15, 0.2) is 30.5 Å². The van der Waals surface area contributed by atoms with E-state index in [-0.39, 0.29) is 12.1 Å². The fourth-order valence-corrected chi connectivity index (χ4v) is 4.48. The average Bonchev–Trinajstić information content (AvgIpc) is 2.74. The Morgan fingerprint density at radius 3 is 2.73 bits per heavy atom. The molecule has 0 spiro atoms. The maximum atomic E-state index is 14.3. The topological polar surface area (TPSA) is 77.0 Å². The molecule has 0 radical (unpaired) electrons. The first-order valence-electron chi connectivity index (χ1n) is 9.46. The summed E-state index contributed by atoms with van der Waals surface area (Å²) in [5.74, 6) is 0.685. The van der Waals surface area contributed by atoms with Crippen LogP contribution in [-0.2, 0) is 17.7 Å². The molecule has 158 valence electrons. The van der Waals surface area contributed by atoms with Crippen molar-refractivity contribution < 1.29 is 17.7 Å². The van der Waals surface area contributed by atoms with E-state index in [1.165, 1.54) is 12.1 Å². The molecule has 0 saturated carbocycles. The van der Waals surface area contributed by atoms with Crippen LogP contribution >= 0.6 is 0 Å². The first kappa shape index (κ1) is 20.7. The molecule has 1 fully saturated rings. The zero-order chi connectivity index (χ0) is 21.3. The lowest BCUT2D eigenvalue weighted by Crippen LogP contribution is -2.40. The molecule has 1 aliphatic rings. The molecule has 0 atom stereocenters. The van der Waals surface area contributed by atoms with Gasteiger partial charge in [0, 0.05) is 17.5 Å². The van der Waals surface area contributed by atoms with Crippen molar-refractivity contribution in [3.8, 4) is 0 Å². The summed E-state index contributed by atoms with van der Waals surface area (Å²) >= 11 is -0.788. The smallest absolute Gasteiger partial charge is 0.266 e. The van der Waals surface area contributed by atoms with E-state index in [2.05, 4.69) is 25.4 Å². The van der Waals surface area contributed by atoms with Crippen LogP contribution in [0.4, 0.5) is 24.7 Å². The minimum atomic E-state index is -2.88. The summed E-state index contributed by atoms with van der Waals surface area (Å²) < 4.78 is 51.9. The van der Waals surface area contributed by atoms with Crippen LogP contribution in [0, 0.1) is 12.7 Å². The number of rotatable bonds is 5. The molecule has 10 heteroatoms. The minimum Gasteiger partial charge on any atom is -0.616 e. The van der Waals surface area contributed by atoms with Crippen LogP contribution in [-0.4, -0.2) is 44.3 Å². The van der Waals surface area contributed by atoms with Crippen LogP contribution in [0.5, 0.6) is 0 Å². The van der Waals surface area contributed by atoms with Crippen molar-refractivity contribution in [1.29, 1.82) is 0 Å². The number of nitrogens with one attached hydrogen (secondary N) is 1. The Bertz CT molecular complexity index is 1060. The Balaban J connectivity index is 1.63. The molecule has 0 bridgehead atoms. The van der Waals surface area contributed by atoms with E-state index in [4.69, 9.17) is 0 Å². The molecule has 3 aromatic rings. The summed E-state index contributed by atoms with van der Waals surface area (Å²) in [7, 11) is 0. The molecule has 6 nitrogen and oxygen atoms in total. The highest BCUT2D eigenvalue weighted by atomic mass is 32.2. The number of hydrogen-bond donors (Lipinski definition) is 1. The maximum Gasteiger partial charge on any atom is 0.266 e. The van der Waals surface area contributed by atoms with E-state index >= 15 is 0 Å². The summed E-state index contributed by atoms with van der Waals surface area (Å²) in [5.41, 5.74) is 1.67. The number of aryl methyl sites for hydroxylation is 1. The van der Waals surface area contributed by atoms with Gasteiger partial charge in [0.05, 0.1) is 41.7 Å². The van der Waals surface area contributed by atoms with Crippen molar-refractivity contribution >= 4 is 33.6 Å². The lowest BCUT2D eigenvalue weighted by Gasteiger charge is -2.29. The summed E-state index contributed by atoms with van der Waals surface area (Å²) in [6.07, 6.45) is -1.13. The van der Waals surface area contributed by atoms with Crippen LogP contribution in [0.2, 0.25) is 0 Å². The van der Waals surface area contributed by atoms with Crippen molar-refractivity contribution in [3.05, 3.63) is 53.1 Å². The van der Waals surface area contributed by atoms with Gasteiger partial charge in [-0.3, -0.25) is 4.98 Å². The second-order valence-corrected chi connectivity index (χ2v) is 8.73. The van der Waals surface area contributed by atoms with Gasteiger partial charge in [-0.1, -0.05) is 29.4 Å². The lowest BCUT2D eigenvalue weighted by molar-refractivity contribution is 0.146. The van der Waals surface area contributed by atoms with Crippen molar-refractivity contribution in [3.63, 3.8) is 0 Å². The molecule has 0 amide bonds. The number of halogens is 3. The largest absolute Gasteiger partial charge is 0.616 e. The first-order chi connectivity index (χ1) is 14.4. The fourth-order valence-electron chi connectivity index (χ4n) is 3.43. The number of benzene rings is 1. The third kappa shape index (κ3) is 4.15. The number of aromatic nitrogens is 3. The van der Waals surface area contributed by atoms with Gasteiger partial charge < -0.3 is 14.8 Å². The third-order valence-electron chi connectivity index (χ3n) is 5.10. The average molecular weight is 435 g/mol. The van der Waals surface area contributed by atoms with Crippen LogP contribution < -0.4 is 10.2 Å². The summed E-state index contributed by atoms with van der Waals surface area (Å²) in [6.45, 7) is 3.12.